The number of pyridine rings is 1. The highest BCUT2D eigenvalue weighted by molar-refractivity contribution is 5.81. The molecule has 2 aliphatic rings. The van der Waals surface area contributed by atoms with Crippen LogP contribution in [0.4, 0.5) is 5.69 Å². The number of nitrogens with zero attached hydrogens (tertiary/aromatic N) is 4. The van der Waals surface area contributed by atoms with Crippen LogP contribution in [0, 0.1) is 6.92 Å². The highest BCUT2D eigenvalue weighted by Gasteiger charge is 2.34. The van der Waals surface area contributed by atoms with Gasteiger partial charge in [0.05, 0.1) is 17.6 Å². The molecule has 0 spiro atoms. The van der Waals surface area contributed by atoms with Crippen LogP contribution in [0.25, 0.3) is 11.0 Å². The first kappa shape index (κ1) is 12.1. The summed E-state index contributed by atoms with van der Waals surface area (Å²) in [5.74, 6) is 0. The predicted molar refractivity (Wildman–Crippen MR) is 79.9 cm³/mol. The molecule has 2 aromatic heterocycles. The summed E-state index contributed by atoms with van der Waals surface area (Å²) < 4.78 is 1.85. The fraction of sp³-hybridized carbons (Fsp3) is 0.600. The maximum atomic E-state index is 4.53. The quantitative estimate of drug-likeness (QED) is 0.926. The Hall–Kier alpha value is -1.62. The zero-order valence-corrected chi connectivity index (χ0v) is 12.1. The first-order valence-electron chi connectivity index (χ1n) is 7.50. The van der Waals surface area contributed by atoms with Crippen molar-refractivity contribution in [2.24, 2.45) is 7.05 Å². The summed E-state index contributed by atoms with van der Waals surface area (Å²) in [7, 11) is 1.94. The van der Waals surface area contributed by atoms with Gasteiger partial charge < -0.3 is 5.32 Å². The molecule has 1 saturated heterocycles. The number of hydrogen-bond donors (Lipinski definition) is 1. The molecule has 3 heterocycles. The lowest BCUT2D eigenvalue weighted by molar-refractivity contribution is 0.326. The number of hydrogen-bond acceptors (Lipinski definition) is 4. The van der Waals surface area contributed by atoms with Gasteiger partial charge in [0.15, 0.2) is 5.65 Å². The molecule has 106 valence electrons. The van der Waals surface area contributed by atoms with Crippen molar-refractivity contribution in [1.82, 2.24) is 19.7 Å². The van der Waals surface area contributed by atoms with Gasteiger partial charge in [-0.15, -0.1) is 0 Å². The number of anilines is 1. The number of rotatable bonds is 3. The van der Waals surface area contributed by atoms with Gasteiger partial charge in [-0.3, -0.25) is 9.58 Å². The lowest BCUT2D eigenvalue weighted by Crippen LogP contribution is -2.27. The molecule has 4 rings (SSSR count). The minimum absolute atomic E-state index is 0.562. The smallest absolute Gasteiger partial charge is 0.157 e. The second-order valence-corrected chi connectivity index (χ2v) is 6.16. The van der Waals surface area contributed by atoms with Crippen molar-refractivity contribution in [2.45, 2.75) is 38.3 Å². The molecule has 5 heteroatoms. The standard InChI is InChI=1S/C15H21N5/c1-10-14-7-12(8-16-15(14)19(2)18-10)17-11-5-6-20(9-11)13-3-4-13/h7-8,11,13,17H,3-6,9H2,1-2H3. The molecule has 20 heavy (non-hydrogen) atoms. The van der Waals surface area contributed by atoms with Crippen LogP contribution in [0.15, 0.2) is 12.3 Å². The summed E-state index contributed by atoms with van der Waals surface area (Å²) in [6.45, 7) is 4.46. The third kappa shape index (κ3) is 2.06. The first-order chi connectivity index (χ1) is 9.70. The zero-order chi connectivity index (χ0) is 13.7. The third-order valence-corrected chi connectivity index (χ3v) is 4.52. The number of fused-ring (bicyclic) bond motifs is 1. The molecule has 1 atom stereocenters. The van der Waals surface area contributed by atoms with Gasteiger partial charge in [-0.1, -0.05) is 0 Å². The molecule has 0 radical (unpaired) electrons. The summed E-state index contributed by atoms with van der Waals surface area (Å²) in [5.41, 5.74) is 3.13. The minimum atomic E-state index is 0.562. The molecule has 1 aliphatic carbocycles. The van der Waals surface area contributed by atoms with Gasteiger partial charge >= 0.3 is 0 Å². The van der Waals surface area contributed by atoms with Crippen molar-refractivity contribution in [3.63, 3.8) is 0 Å². The van der Waals surface area contributed by atoms with E-state index in [0.717, 1.165) is 28.5 Å². The Bertz CT molecular complexity index is 643. The van der Waals surface area contributed by atoms with Crippen LogP contribution < -0.4 is 5.32 Å². The van der Waals surface area contributed by atoms with Gasteiger partial charge in [0.2, 0.25) is 0 Å². The van der Waals surface area contributed by atoms with Crippen molar-refractivity contribution in [3.05, 3.63) is 18.0 Å². The lowest BCUT2D eigenvalue weighted by atomic mass is 10.2. The molecule has 5 nitrogen and oxygen atoms in total. The topological polar surface area (TPSA) is 46.0 Å². The number of likely N-dealkylation sites (tertiary alicyclic amines) is 1. The maximum Gasteiger partial charge on any atom is 0.157 e. The molecule has 1 saturated carbocycles. The normalized spacial score (nSPS) is 23.6. The Kier molecular flexibility index (Phi) is 2.70. The van der Waals surface area contributed by atoms with Crippen LogP contribution in [0.2, 0.25) is 0 Å². The highest BCUT2D eigenvalue weighted by atomic mass is 15.3. The molecule has 0 bridgehead atoms. The van der Waals surface area contributed by atoms with Crippen molar-refractivity contribution >= 4 is 16.7 Å². The molecule has 1 unspecified atom stereocenters. The molecule has 0 amide bonds. The van der Waals surface area contributed by atoms with Crippen LogP contribution in [0.1, 0.15) is 25.0 Å². The molecule has 1 aliphatic heterocycles. The molecule has 2 fully saturated rings. The fourth-order valence-electron chi connectivity index (χ4n) is 3.30. The van der Waals surface area contributed by atoms with E-state index in [2.05, 4.69) is 26.4 Å². The summed E-state index contributed by atoms with van der Waals surface area (Å²) >= 11 is 0. The Balaban J connectivity index is 1.52. The van der Waals surface area contributed by atoms with Gasteiger partial charge in [-0.05, 0) is 32.3 Å². The number of nitrogens with one attached hydrogen (secondary N) is 1. The van der Waals surface area contributed by atoms with E-state index in [4.69, 9.17) is 0 Å². The lowest BCUT2D eigenvalue weighted by Gasteiger charge is -2.16. The van der Waals surface area contributed by atoms with Crippen LogP contribution in [0.5, 0.6) is 0 Å². The molecule has 1 N–H and O–H groups in total. The van der Waals surface area contributed by atoms with Crippen LogP contribution in [-0.4, -0.2) is 44.8 Å². The Morgan fingerprint density at radius 3 is 2.95 bits per heavy atom. The van der Waals surface area contributed by atoms with E-state index in [1.54, 1.807) is 0 Å². The Morgan fingerprint density at radius 1 is 1.30 bits per heavy atom. The SMILES string of the molecule is Cc1nn(C)c2ncc(NC3CCN(C4CC4)C3)cc12. The van der Waals surface area contributed by atoms with Crippen LogP contribution in [-0.2, 0) is 7.05 Å². The molecular weight excluding hydrogens is 250 g/mol. The fourth-order valence-corrected chi connectivity index (χ4v) is 3.30. The van der Waals surface area contributed by atoms with Gasteiger partial charge in [0.1, 0.15) is 0 Å². The average molecular weight is 271 g/mol. The van der Waals surface area contributed by atoms with E-state index >= 15 is 0 Å². The van der Waals surface area contributed by atoms with Gasteiger partial charge in [0.25, 0.3) is 0 Å². The molecule has 2 aromatic rings. The second-order valence-electron chi connectivity index (χ2n) is 6.16. The van der Waals surface area contributed by atoms with E-state index in [-0.39, 0.29) is 0 Å². The first-order valence-corrected chi connectivity index (χ1v) is 7.50. The van der Waals surface area contributed by atoms with Crippen molar-refractivity contribution in [1.29, 1.82) is 0 Å². The summed E-state index contributed by atoms with van der Waals surface area (Å²) in [6, 6.07) is 3.62. The molecular formula is C15H21N5. The molecule has 0 aromatic carbocycles. The van der Waals surface area contributed by atoms with Gasteiger partial charge in [-0.25, -0.2) is 4.98 Å². The second kappa shape index (κ2) is 4.45. The maximum absolute atomic E-state index is 4.53. The van der Waals surface area contributed by atoms with E-state index in [0.29, 0.717) is 6.04 Å². The third-order valence-electron chi connectivity index (χ3n) is 4.52. The van der Waals surface area contributed by atoms with Crippen LogP contribution in [0.3, 0.4) is 0 Å². The van der Waals surface area contributed by atoms with E-state index in [1.807, 2.05) is 24.9 Å². The van der Waals surface area contributed by atoms with Crippen molar-refractivity contribution in [2.75, 3.05) is 18.4 Å². The zero-order valence-electron chi connectivity index (χ0n) is 12.1. The van der Waals surface area contributed by atoms with Gasteiger partial charge in [0, 0.05) is 37.6 Å². The van der Waals surface area contributed by atoms with Gasteiger partial charge in [-0.2, -0.15) is 5.10 Å². The van der Waals surface area contributed by atoms with E-state index in [9.17, 15) is 0 Å². The number of aryl methyl sites for hydroxylation is 2. The predicted octanol–water partition coefficient (Wildman–Crippen LogP) is 1.93. The minimum Gasteiger partial charge on any atom is -0.380 e. The average Bonchev–Trinajstić information content (AvgIpc) is 3.12. The monoisotopic (exact) mass is 271 g/mol. The largest absolute Gasteiger partial charge is 0.380 e. The summed E-state index contributed by atoms with van der Waals surface area (Å²) in [6.07, 6.45) is 5.97. The van der Waals surface area contributed by atoms with E-state index < -0.39 is 0 Å². The van der Waals surface area contributed by atoms with E-state index in [1.165, 1.54) is 32.4 Å². The summed E-state index contributed by atoms with van der Waals surface area (Å²) in [4.78, 5) is 7.16. The van der Waals surface area contributed by atoms with Crippen molar-refractivity contribution in [3.8, 4) is 0 Å². The van der Waals surface area contributed by atoms with Crippen molar-refractivity contribution < 1.29 is 0 Å². The number of aromatic nitrogens is 3. The Morgan fingerprint density at radius 2 is 2.15 bits per heavy atom. The Labute approximate surface area is 119 Å². The highest BCUT2D eigenvalue weighted by Crippen LogP contribution is 2.30. The van der Waals surface area contributed by atoms with Crippen LogP contribution >= 0.6 is 0 Å². The summed E-state index contributed by atoms with van der Waals surface area (Å²) in [5, 5.41) is 9.21.